The zero-order chi connectivity index (χ0) is 10.7. The van der Waals surface area contributed by atoms with E-state index in [1.54, 1.807) is 20.2 Å². The molecule has 0 aliphatic rings. The molecule has 1 aromatic carbocycles. The molecule has 2 amide bonds. The van der Waals surface area contributed by atoms with E-state index in [1.807, 2.05) is 19.1 Å². The molecule has 0 saturated carbocycles. The Hall–Kier alpha value is -1.71. The lowest BCUT2D eigenvalue weighted by atomic mass is 10.2. The number of carbonyl (C=O) groups excluding carboxylic acids is 1. The van der Waals surface area contributed by atoms with Crippen LogP contribution in [0.25, 0.3) is 0 Å². The van der Waals surface area contributed by atoms with Crippen molar-refractivity contribution in [3.05, 3.63) is 23.8 Å². The molecule has 14 heavy (non-hydrogen) atoms. The van der Waals surface area contributed by atoms with Crippen LogP contribution in [0.4, 0.5) is 16.2 Å². The highest BCUT2D eigenvalue weighted by atomic mass is 16.2. The van der Waals surface area contributed by atoms with Crippen molar-refractivity contribution in [3.8, 4) is 0 Å². The van der Waals surface area contributed by atoms with E-state index < -0.39 is 0 Å². The molecule has 3 N–H and O–H groups in total. The number of amides is 2. The summed E-state index contributed by atoms with van der Waals surface area (Å²) >= 11 is 0. The second-order valence-electron chi connectivity index (χ2n) is 3.40. The largest absolute Gasteiger partial charge is 0.398 e. The SMILES string of the molecule is Cc1ccc(NC(=O)N(C)C)cc1N. The Kier molecular flexibility index (Phi) is 2.96. The van der Waals surface area contributed by atoms with Crippen LogP contribution in [0.1, 0.15) is 5.56 Å². The van der Waals surface area contributed by atoms with Gasteiger partial charge in [0.2, 0.25) is 0 Å². The molecular weight excluding hydrogens is 178 g/mol. The molecule has 4 nitrogen and oxygen atoms in total. The first-order chi connectivity index (χ1) is 6.50. The highest BCUT2D eigenvalue weighted by molar-refractivity contribution is 5.89. The van der Waals surface area contributed by atoms with Crippen molar-refractivity contribution in [3.63, 3.8) is 0 Å². The minimum Gasteiger partial charge on any atom is -0.398 e. The van der Waals surface area contributed by atoms with Gasteiger partial charge < -0.3 is 16.0 Å². The second-order valence-corrected chi connectivity index (χ2v) is 3.40. The molecule has 76 valence electrons. The van der Waals surface area contributed by atoms with Gasteiger partial charge in [-0.1, -0.05) is 6.07 Å². The van der Waals surface area contributed by atoms with Crippen LogP contribution < -0.4 is 11.1 Å². The zero-order valence-corrected chi connectivity index (χ0v) is 8.66. The van der Waals surface area contributed by atoms with Crippen LogP contribution in [0.2, 0.25) is 0 Å². The predicted octanol–water partition coefficient (Wildman–Crippen LogP) is 1.67. The molecule has 0 bridgehead atoms. The number of nitrogen functional groups attached to an aromatic ring is 1. The predicted molar refractivity (Wildman–Crippen MR) is 58.3 cm³/mol. The third-order valence-electron chi connectivity index (χ3n) is 1.94. The topological polar surface area (TPSA) is 58.4 Å². The number of rotatable bonds is 1. The number of aryl methyl sites for hydroxylation is 1. The summed E-state index contributed by atoms with van der Waals surface area (Å²) in [7, 11) is 3.37. The first-order valence-corrected chi connectivity index (χ1v) is 4.35. The number of nitrogens with two attached hydrogens (primary N) is 1. The van der Waals surface area contributed by atoms with E-state index in [-0.39, 0.29) is 6.03 Å². The third kappa shape index (κ3) is 2.39. The zero-order valence-electron chi connectivity index (χ0n) is 8.66. The van der Waals surface area contributed by atoms with Crippen molar-refractivity contribution < 1.29 is 4.79 Å². The number of anilines is 2. The van der Waals surface area contributed by atoms with Crippen molar-refractivity contribution in [2.45, 2.75) is 6.92 Å². The molecule has 4 heteroatoms. The highest BCUT2D eigenvalue weighted by Crippen LogP contribution is 2.16. The highest BCUT2D eigenvalue weighted by Gasteiger charge is 2.04. The van der Waals surface area contributed by atoms with E-state index in [0.29, 0.717) is 11.4 Å². The third-order valence-corrected chi connectivity index (χ3v) is 1.94. The minimum atomic E-state index is -0.159. The Balaban J connectivity index is 2.78. The molecule has 0 aliphatic carbocycles. The standard InChI is InChI=1S/C10H15N3O/c1-7-4-5-8(6-9(7)11)12-10(14)13(2)3/h4-6H,11H2,1-3H3,(H,12,14). The maximum Gasteiger partial charge on any atom is 0.321 e. The van der Waals surface area contributed by atoms with Crippen molar-refractivity contribution in [1.29, 1.82) is 0 Å². The van der Waals surface area contributed by atoms with E-state index in [1.165, 1.54) is 4.90 Å². The van der Waals surface area contributed by atoms with E-state index in [0.717, 1.165) is 5.56 Å². The molecular formula is C10H15N3O. The molecule has 0 radical (unpaired) electrons. The first kappa shape index (κ1) is 10.4. The van der Waals surface area contributed by atoms with Crippen molar-refractivity contribution in [1.82, 2.24) is 4.90 Å². The minimum absolute atomic E-state index is 0.159. The van der Waals surface area contributed by atoms with Gasteiger partial charge in [0.1, 0.15) is 0 Å². The fourth-order valence-electron chi connectivity index (χ4n) is 0.954. The summed E-state index contributed by atoms with van der Waals surface area (Å²) in [6.45, 7) is 1.92. The number of nitrogens with zero attached hydrogens (tertiary/aromatic N) is 1. The molecule has 0 saturated heterocycles. The second kappa shape index (κ2) is 4.00. The van der Waals surface area contributed by atoms with E-state index in [4.69, 9.17) is 5.73 Å². The van der Waals surface area contributed by atoms with Gasteiger partial charge in [0.15, 0.2) is 0 Å². The van der Waals surface area contributed by atoms with Gasteiger partial charge in [-0.25, -0.2) is 4.79 Å². The molecule has 0 unspecified atom stereocenters. The summed E-state index contributed by atoms with van der Waals surface area (Å²) in [5.74, 6) is 0. The Labute approximate surface area is 83.7 Å². The van der Waals surface area contributed by atoms with E-state index >= 15 is 0 Å². The normalized spacial score (nSPS) is 9.64. The van der Waals surface area contributed by atoms with Crippen molar-refractivity contribution in [2.24, 2.45) is 0 Å². The molecule has 0 heterocycles. The van der Waals surface area contributed by atoms with Gasteiger partial charge in [-0.15, -0.1) is 0 Å². The van der Waals surface area contributed by atoms with Crippen LogP contribution in [-0.4, -0.2) is 25.0 Å². The fraction of sp³-hybridized carbons (Fsp3) is 0.300. The molecule has 1 rings (SSSR count). The van der Waals surface area contributed by atoms with Gasteiger partial charge in [0.25, 0.3) is 0 Å². The molecule has 0 atom stereocenters. The number of urea groups is 1. The summed E-state index contributed by atoms with van der Waals surface area (Å²) in [6.07, 6.45) is 0. The molecule has 0 aliphatic heterocycles. The summed E-state index contributed by atoms with van der Waals surface area (Å²) in [4.78, 5) is 12.8. The van der Waals surface area contributed by atoms with Gasteiger partial charge in [-0.2, -0.15) is 0 Å². The van der Waals surface area contributed by atoms with Crippen LogP contribution in [-0.2, 0) is 0 Å². The van der Waals surface area contributed by atoms with Gasteiger partial charge in [0, 0.05) is 25.5 Å². The Bertz CT molecular complexity index is 347. The summed E-state index contributed by atoms with van der Waals surface area (Å²) < 4.78 is 0. The number of carbonyl (C=O) groups is 1. The first-order valence-electron chi connectivity index (χ1n) is 4.35. The Morgan fingerprint density at radius 2 is 2.07 bits per heavy atom. The van der Waals surface area contributed by atoms with Crippen LogP contribution >= 0.6 is 0 Å². The Morgan fingerprint density at radius 1 is 1.43 bits per heavy atom. The average molecular weight is 193 g/mol. The van der Waals surface area contributed by atoms with Gasteiger partial charge in [0.05, 0.1) is 0 Å². The van der Waals surface area contributed by atoms with Crippen LogP contribution in [0, 0.1) is 6.92 Å². The van der Waals surface area contributed by atoms with Crippen molar-refractivity contribution in [2.75, 3.05) is 25.1 Å². The maximum absolute atomic E-state index is 11.3. The average Bonchev–Trinajstić information content (AvgIpc) is 2.11. The van der Waals surface area contributed by atoms with Crippen LogP contribution in [0.3, 0.4) is 0 Å². The van der Waals surface area contributed by atoms with Crippen molar-refractivity contribution >= 4 is 17.4 Å². The number of hydrogen-bond donors (Lipinski definition) is 2. The van der Waals surface area contributed by atoms with Crippen LogP contribution in [0.15, 0.2) is 18.2 Å². The summed E-state index contributed by atoms with van der Waals surface area (Å²) in [5.41, 5.74) is 8.11. The smallest absolute Gasteiger partial charge is 0.321 e. The summed E-state index contributed by atoms with van der Waals surface area (Å²) in [6, 6.07) is 5.29. The van der Waals surface area contributed by atoms with Gasteiger partial charge >= 0.3 is 6.03 Å². The monoisotopic (exact) mass is 193 g/mol. The lowest BCUT2D eigenvalue weighted by molar-refractivity contribution is 0.230. The number of nitrogens with one attached hydrogen (secondary N) is 1. The van der Waals surface area contributed by atoms with Crippen LogP contribution in [0.5, 0.6) is 0 Å². The molecule has 0 aromatic heterocycles. The summed E-state index contributed by atoms with van der Waals surface area (Å²) in [5, 5.41) is 2.72. The molecule has 0 spiro atoms. The number of benzene rings is 1. The quantitative estimate of drug-likeness (QED) is 0.666. The van der Waals surface area contributed by atoms with E-state index in [9.17, 15) is 4.79 Å². The van der Waals surface area contributed by atoms with Gasteiger partial charge in [-0.3, -0.25) is 0 Å². The lowest BCUT2D eigenvalue weighted by Gasteiger charge is -2.12. The number of hydrogen-bond acceptors (Lipinski definition) is 2. The molecule has 0 fully saturated rings. The maximum atomic E-state index is 11.3. The Morgan fingerprint density at radius 3 is 2.57 bits per heavy atom. The lowest BCUT2D eigenvalue weighted by Crippen LogP contribution is -2.27. The van der Waals surface area contributed by atoms with Gasteiger partial charge in [-0.05, 0) is 24.6 Å². The molecule has 1 aromatic rings. The van der Waals surface area contributed by atoms with E-state index in [2.05, 4.69) is 5.32 Å². The fourth-order valence-corrected chi connectivity index (χ4v) is 0.954.